The molecule has 0 fully saturated rings. The van der Waals surface area contributed by atoms with Gasteiger partial charge < -0.3 is 5.73 Å². The lowest BCUT2D eigenvalue weighted by atomic mass is 10.1. The number of hydrogen-bond donors (Lipinski definition) is 1. The summed E-state index contributed by atoms with van der Waals surface area (Å²) in [5.74, 6) is 2.12. The van der Waals surface area contributed by atoms with Gasteiger partial charge in [0.15, 0.2) is 0 Å². The van der Waals surface area contributed by atoms with E-state index < -0.39 is 10.8 Å². The summed E-state index contributed by atoms with van der Waals surface area (Å²) >= 11 is 0. The molecule has 0 saturated carbocycles. The van der Waals surface area contributed by atoms with Gasteiger partial charge in [0.1, 0.15) is 0 Å². The zero-order valence-electron chi connectivity index (χ0n) is 9.08. The van der Waals surface area contributed by atoms with Crippen molar-refractivity contribution in [3.8, 4) is 0 Å². The zero-order chi connectivity index (χ0) is 10.3. The summed E-state index contributed by atoms with van der Waals surface area (Å²) in [6.07, 6.45) is 3.18. The summed E-state index contributed by atoms with van der Waals surface area (Å²) in [6.45, 7) is 6.36. The molecule has 0 bridgehead atoms. The van der Waals surface area contributed by atoms with Crippen LogP contribution in [0.3, 0.4) is 0 Å². The topological polar surface area (TPSA) is 43.1 Å². The minimum absolute atomic E-state index is 0.121. The van der Waals surface area contributed by atoms with Crippen LogP contribution in [0.15, 0.2) is 0 Å². The Morgan fingerprint density at radius 1 is 1.08 bits per heavy atom. The van der Waals surface area contributed by atoms with Crippen LogP contribution in [0.4, 0.5) is 0 Å². The van der Waals surface area contributed by atoms with E-state index in [-0.39, 0.29) is 6.04 Å². The fourth-order valence-corrected chi connectivity index (χ4v) is 3.06. The van der Waals surface area contributed by atoms with Gasteiger partial charge in [0.05, 0.1) is 0 Å². The molecule has 0 aliphatic heterocycles. The summed E-state index contributed by atoms with van der Waals surface area (Å²) in [5.41, 5.74) is 5.74. The summed E-state index contributed by atoms with van der Waals surface area (Å²) in [7, 11) is -0.705. The quantitative estimate of drug-likeness (QED) is 0.690. The summed E-state index contributed by atoms with van der Waals surface area (Å²) in [4.78, 5) is 0. The number of rotatable bonds is 7. The smallest absolute Gasteiger partial charge is 0.0386 e. The van der Waals surface area contributed by atoms with Gasteiger partial charge in [-0.1, -0.05) is 33.6 Å². The first-order valence-electron chi connectivity index (χ1n) is 5.24. The second-order valence-corrected chi connectivity index (χ2v) is 5.17. The summed E-state index contributed by atoms with van der Waals surface area (Å²) < 4.78 is 11.6. The van der Waals surface area contributed by atoms with E-state index in [9.17, 15) is 4.21 Å². The Labute approximate surface area is 84.7 Å². The van der Waals surface area contributed by atoms with Gasteiger partial charge in [0.25, 0.3) is 0 Å². The fraction of sp³-hybridized carbons (Fsp3) is 1.00. The second-order valence-electron chi connectivity index (χ2n) is 3.62. The molecule has 0 aromatic heterocycles. The van der Waals surface area contributed by atoms with Crippen LogP contribution in [-0.2, 0) is 10.8 Å². The Balaban J connectivity index is 3.72. The van der Waals surface area contributed by atoms with Crippen LogP contribution in [0, 0.1) is 5.92 Å². The van der Waals surface area contributed by atoms with E-state index in [1.165, 1.54) is 0 Å². The van der Waals surface area contributed by atoms with E-state index in [0.717, 1.165) is 25.0 Å². The van der Waals surface area contributed by atoms with Crippen molar-refractivity contribution in [3.05, 3.63) is 0 Å². The average Bonchev–Trinajstić information content (AvgIpc) is 2.13. The largest absolute Gasteiger partial charge is 0.327 e. The predicted molar refractivity (Wildman–Crippen MR) is 60.2 cm³/mol. The molecule has 0 saturated heterocycles. The minimum atomic E-state index is -0.705. The summed E-state index contributed by atoms with van der Waals surface area (Å²) in [5, 5.41) is 0. The highest BCUT2D eigenvalue weighted by Gasteiger charge is 2.11. The second kappa shape index (κ2) is 7.51. The van der Waals surface area contributed by atoms with Crippen LogP contribution < -0.4 is 5.73 Å². The molecule has 2 N–H and O–H groups in total. The molecule has 0 spiro atoms. The Hall–Kier alpha value is 0.110. The molecule has 2 unspecified atom stereocenters. The van der Waals surface area contributed by atoms with Crippen LogP contribution in [0.25, 0.3) is 0 Å². The average molecular weight is 205 g/mol. The molecule has 0 rings (SSSR count). The molecule has 0 aliphatic carbocycles. The zero-order valence-corrected chi connectivity index (χ0v) is 9.90. The van der Waals surface area contributed by atoms with E-state index in [1.807, 2.05) is 6.92 Å². The van der Waals surface area contributed by atoms with Gasteiger partial charge in [-0.3, -0.25) is 4.21 Å². The first-order chi connectivity index (χ1) is 6.13. The Morgan fingerprint density at radius 2 is 1.62 bits per heavy atom. The predicted octanol–water partition coefficient (Wildman–Crippen LogP) is 1.91. The van der Waals surface area contributed by atoms with Gasteiger partial charge in [0.2, 0.25) is 0 Å². The van der Waals surface area contributed by atoms with Crippen molar-refractivity contribution < 1.29 is 4.21 Å². The molecule has 13 heavy (non-hydrogen) atoms. The maximum absolute atomic E-state index is 11.6. The molecular weight excluding hydrogens is 182 g/mol. The van der Waals surface area contributed by atoms with Crippen molar-refractivity contribution in [2.75, 3.05) is 11.5 Å². The van der Waals surface area contributed by atoms with Crippen LogP contribution >= 0.6 is 0 Å². The summed E-state index contributed by atoms with van der Waals surface area (Å²) in [6, 6.07) is 0.121. The van der Waals surface area contributed by atoms with Crippen LogP contribution in [0.1, 0.15) is 40.0 Å². The van der Waals surface area contributed by atoms with Crippen LogP contribution in [0.5, 0.6) is 0 Å². The van der Waals surface area contributed by atoms with Gasteiger partial charge in [0, 0.05) is 28.3 Å². The lowest BCUT2D eigenvalue weighted by Crippen LogP contribution is -2.28. The van der Waals surface area contributed by atoms with E-state index in [2.05, 4.69) is 13.8 Å². The molecule has 2 nitrogen and oxygen atoms in total. The van der Waals surface area contributed by atoms with Crippen molar-refractivity contribution in [2.24, 2.45) is 11.7 Å². The SMILES string of the molecule is CCC(N)CS(=O)CC(CC)CC. The monoisotopic (exact) mass is 205 g/mol. The number of nitrogens with two attached hydrogens (primary N) is 1. The maximum Gasteiger partial charge on any atom is 0.0386 e. The lowest BCUT2D eigenvalue weighted by Gasteiger charge is -2.13. The van der Waals surface area contributed by atoms with Crippen molar-refractivity contribution in [1.82, 2.24) is 0 Å². The van der Waals surface area contributed by atoms with E-state index in [1.54, 1.807) is 0 Å². The van der Waals surface area contributed by atoms with Gasteiger partial charge in [-0.05, 0) is 12.3 Å². The third kappa shape index (κ3) is 6.22. The molecule has 0 aromatic rings. The third-order valence-electron chi connectivity index (χ3n) is 2.50. The lowest BCUT2D eigenvalue weighted by molar-refractivity contribution is 0.543. The molecule has 0 aliphatic rings. The van der Waals surface area contributed by atoms with Crippen molar-refractivity contribution >= 4 is 10.8 Å². The Morgan fingerprint density at radius 3 is 2.00 bits per heavy atom. The first-order valence-corrected chi connectivity index (χ1v) is 6.73. The van der Waals surface area contributed by atoms with E-state index in [4.69, 9.17) is 5.73 Å². The van der Waals surface area contributed by atoms with Crippen molar-refractivity contribution in [1.29, 1.82) is 0 Å². The Bertz CT molecular complexity index is 146. The fourth-order valence-electron chi connectivity index (χ4n) is 1.21. The third-order valence-corrected chi connectivity index (χ3v) is 4.14. The molecule has 80 valence electrons. The Kier molecular flexibility index (Phi) is 7.57. The highest BCUT2D eigenvalue weighted by atomic mass is 32.2. The molecule has 3 heteroatoms. The normalized spacial score (nSPS) is 16.1. The van der Waals surface area contributed by atoms with Gasteiger partial charge >= 0.3 is 0 Å². The molecule has 0 heterocycles. The minimum Gasteiger partial charge on any atom is -0.327 e. The maximum atomic E-state index is 11.6. The van der Waals surface area contributed by atoms with E-state index >= 15 is 0 Å². The van der Waals surface area contributed by atoms with Crippen molar-refractivity contribution in [3.63, 3.8) is 0 Å². The standard InChI is InChI=1S/C10H23NOS/c1-4-9(5-2)7-13(12)8-10(11)6-3/h9-10H,4-8,11H2,1-3H3. The highest BCUT2D eigenvalue weighted by molar-refractivity contribution is 7.85. The van der Waals surface area contributed by atoms with Gasteiger partial charge in [-0.25, -0.2) is 0 Å². The van der Waals surface area contributed by atoms with Gasteiger partial charge in [-0.2, -0.15) is 0 Å². The molecule has 0 radical (unpaired) electrons. The first kappa shape index (κ1) is 13.1. The van der Waals surface area contributed by atoms with Crippen molar-refractivity contribution in [2.45, 2.75) is 46.1 Å². The molecule has 0 aromatic carbocycles. The van der Waals surface area contributed by atoms with Crippen LogP contribution in [-0.4, -0.2) is 21.8 Å². The van der Waals surface area contributed by atoms with E-state index in [0.29, 0.717) is 11.7 Å². The molecular formula is C10H23NOS. The molecule has 0 amide bonds. The van der Waals surface area contributed by atoms with Gasteiger partial charge in [-0.15, -0.1) is 0 Å². The molecule has 2 atom stereocenters. The highest BCUT2D eigenvalue weighted by Crippen LogP contribution is 2.09. The number of hydrogen-bond acceptors (Lipinski definition) is 2. The van der Waals surface area contributed by atoms with Crippen LogP contribution in [0.2, 0.25) is 0 Å².